The Morgan fingerprint density at radius 3 is 2.70 bits per heavy atom. The average Bonchev–Trinajstić information content (AvgIpc) is 3.10. The lowest BCUT2D eigenvalue weighted by Crippen LogP contribution is -1.82. The summed E-state index contributed by atoms with van der Waals surface area (Å²) in [6, 6.07) is 17.1. The summed E-state index contributed by atoms with van der Waals surface area (Å²) in [4.78, 5) is 0. The van der Waals surface area contributed by atoms with Crippen LogP contribution in [0.2, 0.25) is 0 Å². The molecule has 0 saturated heterocycles. The van der Waals surface area contributed by atoms with E-state index in [9.17, 15) is 0 Å². The average molecular weight is 326 g/mol. The smallest absolute Gasteiger partial charge is 0.167 e. The van der Waals surface area contributed by atoms with Crippen molar-refractivity contribution in [2.75, 3.05) is 0 Å². The van der Waals surface area contributed by atoms with Crippen molar-refractivity contribution < 1.29 is 4.52 Å². The van der Waals surface area contributed by atoms with Crippen molar-refractivity contribution in [1.29, 1.82) is 0 Å². The predicted molar refractivity (Wildman–Crippen MR) is 82.8 cm³/mol. The van der Waals surface area contributed by atoms with Gasteiger partial charge in [0.05, 0.1) is 5.69 Å². The van der Waals surface area contributed by atoms with Gasteiger partial charge in [-0.1, -0.05) is 57.5 Å². The molecule has 0 atom stereocenters. The molecule has 0 aliphatic heterocycles. The molecule has 0 unspecified atom stereocenters. The van der Waals surface area contributed by atoms with Gasteiger partial charge < -0.3 is 4.52 Å². The maximum atomic E-state index is 5.40. The summed E-state index contributed by atoms with van der Waals surface area (Å²) in [5.41, 5.74) is 7.47. The summed E-state index contributed by atoms with van der Waals surface area (Å²) in [7, 11) is 0. The number of alkyl halides is 1. The molecule has 4 rings (SSSR count). The van der Waals surface area contributed by atoms with Gasteiger partial charge in [0, 0.05) is 17.0 Å². The zero-order valence-electron chi connectivity index (χ0n) is 10.8. The van der Waals surface area contributed by atoms with Crippen LogP contribution in [0.25, 0.3) is 22.5 Å². The molecule has 2 aromatic carbocycles. The van der Waals surface area contributed by atoms with E-state index in [1.165, 1.54) is 22.3 Å². The molecule has 1 heterocycles. The molecular weight excluding hydrogens is 314 g/mol. The monoisotopic (exact) mass is 325 g/mol. The SMILES string of the molecule is BrCc1cc(-c2ccc3c(c2)Cc2ccccc2-3)on1. The molecule has 0 spiro atoms. The largest absolute Gasteiger partial charge is 0.356 e. The highest BCUT2D eigenvalue weighted by Gasteiger charge is 2.18. The Bertz CT molecular complexity index is 791. The Morgan fingerprint density at radius 2 is 1.85 bits per heavy atom. The fourth-order valence-electron chi connectivity index (χ4n) is 2.81. The number of aromatic nitrogens is 1. The van der Waals surface area contributed by atoms with Crippen LogP contribution < -0.4 is 0 Å². The van der Waals surface area contributed by atoms with Gasteiger partial charge in [-0.15, -0.1) is 0 Å². The second kappa shape index (κ2) is 4.60. The molecule has 3 aromatic rings. The van der Waals surface area contributed by atoms with Crippen LogP contribution in [0, 0.1) is 0 Å². The third-order valence-electron chi connectivity index (χ3n) is 3.77. The van der Waals surface area contributed by atoms with E-state index in [4.69, 9.17) is 4.52 Å². The number of hydrogen-bond donors (Lipinski definition) is 0. The molecule has 0 amide bonds. The molecule has 20 heavy (non-hydrogen) atoms. The van der Waals surface area contributed by atoms with E-state index in [1.807, 2.05) is 6.07 Å². The molecule has 0 fully saturated rings. The zero-order valence-corrected chi connectivity index (χ0v) is 12.4. The summed E-state index contributed by atoms with van der Waals surface area (Å²) in [6.45, 7) is 0. The van der Waals surface area contributed by atoms with Gasteiger partial charge in [0.25, 0.3) is 0 Å². The van der Waals surface area contributed by atoms with Crippen LogP contribution in [-0.2, 0) is 11.8 Å². The Hall–Kier alpha value is -1.87. The molecule has 1 aliphatic rings. The van der Waals surface area contributed by atoms with Crippen LogP contribution in [0.5, 0.6) is 0 Å². The fourth-order valence-corrected chi connectivity index (χ4v) is 3.07. The van der Waals surface area contributed by atoms with Crippen LogP contribution in [0.3, 0.4) is 0 Å². The maximum absolute atomic E-state index is 5.40. The first-order valence-corrected chi connectivity index (χ1v) is 7.70. The minimum Gasteiger partial charge on any atom is -0.356 e. The first kappa shape index (κ1) is 11.9. The Balaban J connectivity index is 1.78. The molecule has 0 radical (unpaired) electrons. The van der Waals surface area contributed by atoms with E-state index in [0.717, 1.165) is 23.4 Å². The van der Waals surface area contributed by atoms with Gasteiger partial charge in [-0.25, -0.2) is 0 Å². The van der Waals surface area contributed by atoms with Crippen molar-refractivity contribution in [3.05, 3.63) is 65.4 Å². The molecule has 1 aromatic heterocycles. The quantitative estimate of drug-likeness (QED) is 0.494. The first-order valence-electron chi connectivity index (χ1n) is 6.58. The van der Waals surface area contributed by atoms with Crippen LogP contribution >= 0.6 is 15.9 Å². The lowest BCUT2D eigenvalue weighted by Gasteiger charge is -2.02. The van der Waals surface area contributed by atoms with Crippen molar-refractivity contribution in [3.8, 4) is 22.5 Å². The maximum Gasteiger partial charge on any atom is 0.167 e. The minimum absolute atomic E-state index is 0.715. The van der Waals surface area contributed by atoms with Gasteiger partial charge in [-0.05, 0) is 34.7 Å². The Kier molecular flexibility index (Phi) is 2.74. The first-order chi connectivity index (χ1) is 9.85. The fraction of sp³-hybridized carbons (Fsp3) is 0.118. The third kappa shape index (κ3) is 1.81. The van der Waals surface area contributed by atoms with Gasteiger partial charge in [0.15, 0.2) is 5.76 Å². The number of rotatable bonds is 2. The normalized spacial score (nSPS) is 12.2. The van der Waals surface area contributed by atoms with Crippen LogP contribution in [0.4, 0.5) is 0 Å². The lowest BCUT2D eigenvalue weighted by molar-refractivity contribution is 0.426. The van der Waals surface area contributed by atoms with Crippen LogP contribution in [-0.4, -0.2) is 5.16 Å². The number of nitrogens with zero attached hydrogens (tertiary/aromatic N) is 1. The number of benzene rings is 2. The molecule has 0 bridgehead atoms. The van der Waals surface area contributed by atoms with E-state index in [2.05, 4.69) is 63.6 Å². The number of halogens is 1. The molecule has 0 N–H and O–H groups in total. The van der Waals surface area contributed by atoms with E-state index in [1.54, 1.807) is 0 Å². The minimum atomic E-state index is 0.715. The van der Waals surface area contributed by atoms with Gasteiger partial charge in [0.2, 0.25) is 0 Å². The highest BCUT2D eigenvalue weighted by atomic mass is 79.9. The van der Waals surface area contributed by atoms with Gasteiger partial charge in [-0.2, -0.15) is 0 Å². The van der Waals surface area contributed by atoms with E-state index >= 15 is 0 Å². The molecule has 98 valence electrons. The number of fused-ring (bicyclic) bond motifs is 3. The Morgan fingerprint density at radius 1 is 1.00 bits per heavy atom. The second-order valence-corrected chi connectivity index (χ2v) is 5.58. The molecule has 0 saturated carbocycles. The van der Waals surface area contributed by atoms with Crippen molar-refractivity contribution in [3.63, 3.8) is 0 Å². The molecule has 3 heteroatoms. The lowest BCUT2D eigenvalue weighted by atomic mass is 10.0. The van der Waals surface area contributed by atoms with Crippen molar-refractivity contribution >= 4 is 15.9 Å². The summed E-state index contributed by atoms with van der Waals surface area (Å²) in [5.74, 6) is 0.832. The van der Waals surface area contributed by atoms with Gasteiger partial charge in [-0.3, -0.25) is 0 Å². The van der Waals surface area contributed by atoms with Gasteiger partial charge in [0.1, 0.15) is 0 Å². The molecule has 1 aliphatic carbocycles. The third-order valence-corrected chi connectivity index (χ3v) is 4.35. The standard InChI is InChI=1S/C17H12BrNO/c18-10-14-9-17(20-19-14)12-5-6-16-13(8-12)7-11-3-1-2-4-15(11)16/h1-6,8-9H,7,10H2. The Labute approximate surface area is 125 Å². The van der Waals surface area contributed by atoms with E-state index in [-0.39, 0.29) is 0 Å². The second-order valence-electron chi connectivity index (χ2n) is 5.02. The number of hydrogen-bond acceptors (Lipinski definition) is 2. The van der Waals surface area contributed by atoms with Crippen molar-refractivity contribution in [1.82, 2.24) is 5.16 Å². The van der Waals surface area contributed by atoms with E-state index in [0.29, 0.717) is 5.33 Å². The molecular formula is C17H12BrNO. The summed E-state index contributed by atoms with van der Waals surface area (Å²) >= 11 is 3.39. The van der Waals surface area contributed by atoms with Crippen molar-refractivity contribution in [2.45, 2.75) is 11.8 Å². The van der Waals surface area contributed by atoms with Gasteiger partial charge >= 0.3 is 0 Å². The summed E-state index contributed by atoms with van der Waals surface area (Å²) < 4.78 is 5.40. The predicted octanol–water partition coefficient (Wildman–Crippen LogP) is 4.81. The van der Waals surface area contributed by atoms with E-state index < -0.39 is 0 Å². The highest BCUT2D eigenvalue weighted by molar-refractivity contribution is 9.08. The highest BCUT2D eigenvalue weighted by Crippen LogP contribution is 2.38. The van der Waals surface area contributed by atoms with Crippen LogP contribution in [0.1, 0.15) is 16.8 Å². The summed E-state index contributed by atoms with van der Waals surface area (Å²) in [6.07, 6.45) is 0.999. The van der Waals surface area contributed by atoms with Crippen LogP contribution in [0.15, 0.2) is 53.1 Å². The molecule has 2 nitrogen and oxygen atoms in total. The topological polar surface area (TPSA) is 26.0 Å². The zero-order chi connectivity index (χ0) is 13.5. The van der Waals surface area contributed by atoms with Crippen molar-refractivity contribution in [2.24, 2.45) is 0 Å². The summed E-state index contributed by atoms with van der Waals surface area (Å²) in [5, 5.41) is 4.74.